The summed E-state index contributed by atoms with van der Waals surface area (Å²) < 4.78 is 38.0. The Labute approximate surface area is 132 Å². The van der Waals surface area contributed by atoms with Crippen molar-refractivity contribution in [1.82, 2.24) is 10.3 Å². The first-order chi connectivity index (χ1) is 10.9. The molecule has 0 saturated heterocycles. The number of nitrogens with zero attached hydrogens (tertiary/aromatic N) is 1. The van der Waals surface area contributed by atoms with Crippen molar-refractivity contribution in [2.45, 2.75) is 31.2 Å². The van der Waals surface area contributed by atoms with Gasteiger partial charge >= 0.3 is 6.18 Å². The number of benzene rings is 1. The molecule has 0 saturated carbocycles. The number of hydrogen-bond donors (Lipinski definition) is 2. The van der Waals surface area contributed by atoms with Gasteiger partial charge in [0.15, 0.2) is 0 Å². The number of pyridine rings is 1. The van der Waals surface area contributed by atoms with E-state index >= 15 is 0 Å². The fourth-order valence-electron chi connectivity index (χ4n) is 2.88. The van der Waals surface area contributed by atoms with Gasteiger partial charge in [0.1, 0.15) is 11.8 Å². The van der Waals surface area contributed by atoms with Crippen molar-refractivity contribution in [3.05, 3.63) is 65.0 Å². The van der Waals surface area contributed by atoms with E-state index in [1.807, 2.05) is 12.1 Å². The molecule has 2 aromatic rings. The van der Waals surface area contributed by atoms with Gasteiger partial charge in [0, 0.05) is 12.6 Å². The van der Waals surface area contributed by atoms with Crippen LogP contribution in [0.25, 0.3) is 0 Å². The number of rotatable bonds is 4. The van der Waals surface area contributed by atoms with Crippen LogP contribution in [0.15, 0.2) is 42.5 Å². The Hall–Kier alpha value is -1.92. The monoisotopic (exact) mass is 322 g/mol. The van der Waals surface area contributed by atoms with E-state index in [2.05, 4.69) is 22.4 Å². The molecule has 23 heavy (non-hydrogen) atoms. The molecule has 1 heterocycles. The number of aromatic nitrogens is 1. The number of fused-ring (bicyclic) bond motifs is 1. The lowest BCUT2D eigenvalue weighted by Crippen LogP contribution is -2.33. The van der Waals surface area contributed by atoms with Crippen LogP contribution in [0, 0.1) is 0 Å². The van der Waals surface area contributed by atoms with Crippen molar-refractivity contribution in [2.24, 2.45) is 0 Å². The van der Waals surface area contributed by atoms with E-state index in [9.17, 15) is 18.3 Å². The second-order valence-electron chi connectivity index (χ2n) is 5.74. The minimum atomic E-state index is -4.50. The fraction of sp³-hybridized carbons (Fsp3) is 0.353. The van der Waals surface area contributed by atoms with Crippen molar-refractivity contribution < 1.29 is 18.3 Å². The summed E-state index contributed by atoms with van der Waals surface area (Å²) in [5.41, 5.74) is 1.60. The minimum absolute atomic E-state index is 0.0304. The van der Waals surface area contributed by atoms with Crippen LogP contribution < -0.4 is 5.32 Å². The first-order valence-electron chi connectivity index (χ1n) is 7.46. The number of aliphatic hydroxyl groups is 1. The van der Waals surface area contributed by atoms with Gasteiger partial charge in [0.25, 0.3) is 0 Å². The van der Waals surface area contributed by atoms with Gasteiger partial charge in [-0.3, -0.25) is 0 Å². The van der Waals surface area contributed by atoms with E-state index in [0.717, 1.165) is 18.9 Å². The Balaban J connectivity index is 1.59. The number of aliphatic hydroxyl groups excluding tert-OH is 1. The van der Waals surface area contributed by atoms with Crippen molar-refractivity contribution >= 4 is 0 Å². The summed E-state index contributed by atoms with van der Waals surface area (Å²) in [7, 11) is 0. The Morgan fingerprint density at radius 2 is 1.74 bits per heavy atom. The lowest BCUT2D eigenvalue weighted by Gasteiger charge is -2.17. The smallest absolute Gasteiger partial charge is 0.385 e. The van der Waals surface area contributed by atoms with Gasteiger partial charge in [-0.25, -0.2) is 4.98 Å². The molecule has 0 bridgehead atoms. The number of alkyl halides is 3. The predicted octanol–water partition coefficient (Wildman–Crippen LogP) is 2.89. The molecule has 1 aromatic heterocycles. The molecular weight excluding hydrogens is 305 g/mol. The molecule has 0 amide bonds. The first-order valence-corrected chi connectivity index (χ1v) is 7.46. The van der Waals surface area contributed by atoms with Crippen LogP contribution in [-0.2, 0) is 19.0 Å². The third-order valence-corrected chi connectivity index (χ3v) is 4.05. The van der Waals surface area contributed by atoms with Gasteiger partial charge in [-0.05, 0) is 36.1 Å². The fourth-order valence-corrected chi connectivity index (χ4v) is 2.88. The minimum Gasteiger partial charge on any atom is -0.385 e. The number of halogens is 3. The maximum absolute atomic E-state index is 12.7. The maximum Gasteiger partial charge on any atom is 0.433 e. The normalized spacial score (nSPS) is 16.3. The SMILES string of the molecule is O[C@@H](CNC1Cc2ccccc2C1)c1cccc(C(F)(F)F)n1. The summed E-state index contributed by atoms with van der Waals surface area (Å²) in [5.74, 6) is 0. The van der Waals surface area contributed by atoms with E-state index in [4.69, 9.17) is 0 Å². The molecule has 0 aliphatic heterocycles. The molecule has 3 nitrogen and oxygen atoms in total. The van der Waals surface area contributed by atoms with Crippen molar-refractivity contribution in [2.75, 3.05) is 6.54 Å². The Kier molecular flexibility index (Phi) is 4.37. The Morgan fingerprint density at radius 1 is 1.09 bits per heavy atom. The van der Waals surface area contributed by atoms with Gasteiger partial charge in [-0.1, -0.05) is 30.3 Å². The predicted molar refractivity (Wildman–Crippen MR) is 79.8 cm³/mol. The van der Waals surface area contributed by atoms with Gasteiger partial charge in [0.05, 0.1) is 5.69 Å². The topological polar surface area (TPSA) is 45.1 Å². The average molecular weight is 322 g/mol. The molecule has 6 heteroatoms. The summed E-state index contributed by atoms with van der Waals surface area (Å²) in [6.45, 7) is 0.174. The molecule has 0 spiro atoms. The summed E-state index contributed by atoms with van der Waals surface area (Å²) in [6, 6.07) is 11.9. The van der Waals surface area contributed by atoms with Gasteiger partial charge in [-0.2, -0.15) is 13.2 Å². The molecule has 122 valence electrons. The lowest BCUT2D eigenvalue weighted by molar-refractivity contribution is -0.141. The maximum atomic E-state index is 12.7. The highest BCUT2D eigenvalue weighted by atomic mass is 19.4. The molecular formula is C17H17F3N2O. The molecule has 0 fully saturated rings. The van der Waals surface area contributed by atoms with Crippen LogP contribution in [0.2, 0.25) is 0 Å². The Morgan fingerprint density at radius 3 is 2.35 bits per heavy atom. The highest BCUT2D eigenvalue weighted by molar-refractivity contribution is 5.33. The lowest BCUT2D eigenvalue weighted by atomic mass is 10.1. The Bertz CT molecular complexity index is 663. The molecule has 0 radical (unpaired) electrons. The van der Waals surface area contributed by atoms with Gasteiger partial charge in [0.2, 0.25) is 0 Å². The summed E-state index contributed by atoms with van der Waals surface area (Å²) >= 11 is 0. The van der Waals surface area contributed by atoms with Gasteiger partial charge < -0.3 is 10.4 Å². The highest BCUT2D eigenvalue weighted by Gasteiger charge is 2.33. The molecule has 1 aliphatic carbocycles. The zero-order chi connectivity index (χ0) is 16.4. The molecule has 2 N–H and O–H groups in total. The van der Waals surface area contributed by atoms with Crippen molar-refractivity contribution in [1.29, 1.82) is 0 Å². The molecule has 3 rings (SSSR count). The number of nitrogens with one attached hydrogen (secondary N) is 1. The van der Waals surface area contributed by atoms with Crippen molar-refractivity contribution in [3.63, 3.8) is 0 Å². The first kappa shape index (κ1) is 16.0. The molecule has 0 unspecified atom stereocenters. The largest absolute Gasteiger partial charge is 0.433 e. The van der Waals surface area contributed by atoms with E-state index in [-0.39, 0.29) is 18.3 Å². The second kappa shape index (κ2) is 6.29. The van der Waals surface area contributed by atoms with E-state index in [0.29, 0.717) is 0 Å². The zero-order valence-electron chi connectivity index (χ0n) is 12.3. The van der Waals surface area contributed by atoms with Crippen LogP contribution in [0.3, 0.4) is 0 Å². The number of hydrogen-bond acceptors (Lipinski definition) is 3. The summed E-state index contributed by atoms with van der Waals surface area (Å²) in [4.78, 5) is 3.51. The van der Waals surface area contributed by atoms with Crippen LogP contribution in [0.5, 0.6) is 0 Å². The average Bonchev–Trinajstić information content (AvgIpc) is 2.95. The third kappa shape index (κ3) is 3.71. The standard InChI is InChI=1S/C17H17F3N2O/c18-17(19,20)16-7-3-6-14(22-16)15(23)10-21-13-8-11-4-1-2-5-12(11)9-13/h1-7,13,15,21,23H,8-10H2/t15-/m0/s1. The molecule has 1 atom stereocenters. The zero-order valence-corrected chi connectivity index (χ0v) is 12.3. The molecule has 1 aromatic carbocycles. The van der Waals surface area contributed by atoms with E-state index < -0.39 is 18.0 Å². The second-order valence-corrected chi connectivity index (χ2v) is 5.74. The van der Waals surface area contributed by atoms with Crippen LogP contribution >= 0.6 is 0 Å². The van der Waals surface area contributed by atoms with Crippen molar-refractivity contribution in [3.8, 4) is 0 Å². The quantitative estimate of drug-likeness (QED) is 0.910. The summed E-state index contributed by atoms with van der Waals surface area (Å²) in [6.07, 6.45) is -3.85. The van der Waals surface area contributed by atoms with Crippen LogP contribution in [0.4, 0.5) is 13.2 Å². The van der Waals surface area contributed by atoms with Crippen LogP contribution in [-0.4, -0.2) is 22.7 Å². The van der Waals surface area contributed by atoms with Crippen LogP contribution in [0.1, 0.15) is 28.6 Å². The van der Waals surface area contributed by atoms with E-state index in [1.54, 1.807) is 0 Å². The highest BCUT2D eigenvalue weighted by Crippen LogP contribution is 2.28. The molecule has 1 aliphatic rings. The summed E-state index contributed by atoms with van der Waals surface area (Å²) in [5, 5.41) is 13.3. The van der Waals surface area contributed by atoms with Gasteiger partial charge in [-0.15, -0.1) is 0 Å². The third-order valence-electron chi connectivity index (χ3n) is 4.05. The van der Waals surface area contributed by atoms with E-state index in [1.165, 1.54) is 23.3 Å².